The standard InChI is InChI=1S/C17H12ClN3O3S/c18-12-1-8-16(9-2-12)25-17-10-7-15(24-17)11-19-20-13-3-5-14(6-4-13)21(22)23/h1-11,20H/b19-11+. The number of anilines is 1. The van der Waals surface area contributed by atoms with Crippen LogP contribution in [0.15, 0.2) is 80.2 Å². The molecule has 1 heterocycles. The van der Waals surface area contributed by atoms with Crippen molar-refractivity contribution in [2.24, 2.45) is 5.10 Å². The van der Waals surface area contributed by atoms with E-state index in [1.54, 1.807) is 18.2 Å². The molecule has 3 aromatic rings. The van der Waals surface area contributed by atoms with Crippen LogP contribution in [0.1, 0.15) is 5.76 Å². The number of hydrogen-bond acceptors (Lipinski definition) is 6. The van der Waals surface area contributed by atoms with E-state index in [-0.39, 0.29) is 5.69 Å². The van der Waals surface area contributed by atoms with Gasteiger partial charge in [-0.05, 0) is 48.5 Å². The van der Waals surface area contributed by atoms with E-state index in [1.165, 1.54) is 30.1 Å². The number of nitro benzene ring substituents is 1. The first-order valence-corrected chi connectivity index (χ1v) is 8.36. The van der Waals surface area contributed by atoms with Gasteiger partial charge in [-0.1, -0.05) is 23.4 Å². The first kappa shape index (κ1) is 17.1. The summed E-state index contributed by atoms with van der Waals surface area (Å²) in [6.45, 7) is 0. The molecule has 0 bridgehead atoms. The third-order valence-electron chi connectivity index (χ3n) is 3.10. The van der Waals surface area contributed by atoms with Crippen molar-refractivity contribution >= 4 is 41.0 Å². The molecule has 1 aromatic heterocycles. The van der Waals surface area contributed by atoms with Crippen LogP contribution in [0.3, 0.4) is 0 Å². The second-order valence-electron chi connectivity index (χ2n) is 4.89. The Labute approximate surface area is 152 Å². The summed E-state index contributed by atoms with van der Waals surface area (Å²) in [6, 6.07) is 17.1. The zero-order valence-electron chi connectivity index (χ0n) is 12.8. The number of hydrazone groups is 1. The molecule has 0 unspecified atom stereocenters. The van der Waals surface area contributed by atoms with Gasteiger partial charge in [0.15, 0.2) is 5.09 Å². The normalized spacial score (nSPS) is 10.9. The van der Waals surface area contributed by atoms with E-state index in [2.05, 4.69) is 10.5 Å². The molecule has 126 valence electrons. The van der Waals surface area contributed by atoms with Gasteiger partial charge in [0.05, 0.1) is 16.8 Å². The predicted molar refractivity (Wildman–Crippen MR) is 98.6 cm³/mol. The fourth-order valence-electron chi connectivity index (χ4n) is 1.91. The Morgan fingerprint density at radius 3 is 2.48 bits per heavy atom. The topological polar surface area (TPSA) is 80.7 Å². The van der Waals surface area contributed by atoms with Crippen molar-refractivity contribution in [1.29, 1.82) is 0 Å². The zero-order chi connectivity index (χ0) is 17.6. The maximum atomic E-state index is 10.6. The molecule has 3 rings (SSSR count). The maximum Gasteiger partial charge on any atom is 0.269 e. The van der Waals surface area contributed by atoms with E-state index >= 15 is 0 Å². The van der Waals surface area contributed by atoms with E-state index in [0.717, 1.165) is 9.99 Å². The highest BCUT2D eigenvalue weighted by atomic mass is 35.5. The highest BCUT2D eigenvalue weighted by Crippen LogP contribution is 2.29. The Morgan fingerprint density at radius 2 is 1.80 bits per heavy atom. The van der Waals surface area contributed by atoms with Crippen LogP contribution < -0.4 is 5.43 Å². The van der Waals surface area contributed by atoms with E-state index < -0.39 is 4.92 Å². The van der Waals surface area contributed by atoms with Gasteiger partial charge in [-0.15, -0.1) is 0 Å². The summed E-state index contributed by atoms with van der Waals surface area (Å²) in [7, 11) is 0. The highest BCUT2D eigenvalue weighted by Gasteiger charge is 2.04. The predicted octanol–water partition coefficient (Wildman–Crippen LogP) is 5.44. The molecule has 25 heavy (non-hydrogen) atoms. The molecule has 1 N–H and O–H groups in total. The SMILES string of the molecule is O=[N+]([O-])c1ccc(N/N=C/c2ccc(Sc3ccc(Cl)cc3)o2)cc1. The number of rotatable bonds is 6. The number of nitro groups is 1. The smallest absolute Gasteiger partial charge is 0.269 e. The number of furan rings is 1. The van der Waals surface area contributed by atoms with Crippen LogP contribution in [-0.4, -0.2) is 11.1 Å². The number of non-ortho nitro benzene ring substituents is 1. The molecule has 0 aliphatic rings. The number of halogens is 1. The largest absolute Gasteiger partial charge is 0.448 e. The molecule has 6 nitrogen and oxygen atoms in total. The third kappa shape index (κ3) is 4.85. The lowest BCUT2D eigenvalue weighted by Crippen LogP contribution is -1.91. The average molecular weight is 374 g/mol. The van der Waals surface area contributed by atoms with Gasteiger partial charge in [0.1, 0.15) is 5.76 Å². The molecule has 0 saturated carbocycles. The van der Waals surface area contributed by atoms with E-state index in [0.29, 0.717) is 16.5 Å². The van der Waals surface area contributed by atoms with Crippen LogP contribution in [0.2, 0.25) is 5.02 Å². The molecule has 8 heteroatoms. The van der Waals surface area contributed by atoms with Crippen molar-refractivity contribution in [3.8, 4) is 0 Å². The van der Waals surface area contributed by atoms with Crippen LogP contribution in [0.5, 0.6) is 0 Å². The van der Waals surface area contributed by atoms with Crippen molar-refractivity contribution in [2.75, 3.05) is 5.43 Å². The summed E-state index contributed by atoms with van der Waals surface area (Å²) in [5.74, 6) is 0.589. The van der Waals surface area contributed by atoms with Crippen molar-refractivity contribution in [3.05, 3.63) is 81.6 Å². The molecular weight excluding hydrogens is 362 g/mol. The summed E-state index contributed by atoms with van der Waals surface area (Å²) in [5.41, 5.74) is 3.46. The molecule has 0 amide bonds. The maximum absolute atomic E-state index is 10.6. The summed E-state index contributed by atoms with van der Waals surface area (Å²) in [6.07, 6.45) is 1.54. The molecule has 0 atom stereocenters. The molecule has 0 aliphatic carbocycles. The van der Waals surface area contributed by atoms with Gasteiger partial charge in [0, 0.05) is 22.1 Å². The van der Waals surface area contributed by atoms with Crippen molar-refractivity contribution in [1.82, 2.24) is 0 Å². The Kier molecular flexibility index (Phi) is 5.37. The summed E-state index contributed by atoms with van der Waals surface area (Å²) in [5, 5.41) is 16.1. The monoisotopic (exact) mass is 373 g/mol. The van der Waals surface area contributed by atoms with Crippen LogP contribution in [0, 0.1) is 10.1 Å². The lowest BCUT2D eigenvalue weighted by atomic mass is 10.3. The lowest BCUT2D eigenvalue weighted by molar-refractivity contribution is -0.384. The number of nitrogens with zero attached hydrogens (tertiary/aromatic N) is 2. The van der Waals surface area contributed by atoms with Crippen LogP contribution in [-0.2, 0) is 0 Å². The van der Waals surface area contributed by atoms with Gasteiger partial charge in [-0.25, -0.2) is 0 Å². The average Bonchev–Trinajstić information content (AvgIpc) is 3.05. The summed E-state index contributed by atoms with van der Waals surface area (Å²) >= 11 is 7.34. The molecule has 0 aliphatic heterocycles. The Bertz CT molecular complexity index is 892. The summed E-state index contributed by atoms with van der Waals surface area (Å²) < 4.78 is 5.66. The van der Waals surface area contributed by atoms with Crippen LogP contribution in [0.4, 0.5) is 11.4 Å². The minimum atomic E-state index is -0.449. The quantitative estimate of drug-likeness (QED) is 0.353. The molecule has 2 aromatic carbocycles. The third-order valence-corrected chi connectivity index (χ3v) is 4.28. The van der Waals surface area contributed by atoms with Gasteiger partial charge in [0.25, 0.3) is 5.69 Å². The second kappa shape index (κ2) is 7.87. The van der Waals surface area contributed by atoms with Crippen molar-refractivity contribution in [2.45, 2.75) is 9.99 Å². The minimum Gasteiger partial charge on any atom is -0.448 e. The lowest BCUT2D eigenvalue weighted by Gasteiger charge is -1.99. The van der Waals surface area contributed by atoms with E-state index in [1.807, 2.05) is 30.3 Å². The fourth-order valence-corrected chi connectivity index (χ4v) is 2.81. The molecule has 0 saturated heterocycles. The number of nitrogens with one attached hydrogen (secondary N) is 1. The first-order valence-electron chi connectivity index (χ1n) is 7.17. The van der Waals surface area contributed by atoms with E-state index in [9.17, 15) is 10.1 Å². The second-order valence-corrected chi connectivity index (χ2v) is 6.40. The molecular formula is C17H12ClN3O3S. The Balaban J connectivity index is 1.58. The van der Waals surface area contributed by atoms with Crippen molar-refractivity contribution < 1.29 is 9.34 Å². The fraction of sp³-hybridized carbons (Fsp3) is 0. The summed E-state index contributed by atoms with van der Waals surface area (Å²) in [4.78, 5) is 11.2. The minimum absolute atomic E-state index is 0.0319. The van der Waals surface area contributed by atoms with Gasteiger partial charge in [0.2, 0.25) is 0 Å². The first-order chi connectivity index (χ1) is 12.1. The van der Waals surface area contributed by atoms with Crippen LogP contribution in [0.25, 0.3) is 0 Å². The van der Waals surface area contributed by atoms with Gasteiger partial charge in [-0.3, -0.25) is 15.5 Å². The van der Waals surface area contributed by atoms with Crippen LogP contribution >= 0.6 is 23.4 Å². The Hall–Kier alpha value is -2.77. The zero-order valence-corrected chi connectivity index (χ0v) is 14.3. The van der Waals surface area contributed by atoms with E-state index in [4.69, 9.17) is 16.0 Å². The highest BCUT2D eigenvalue weighted by molar-refractivity contribution is 7.99. The van der Waals surface area contributed by atoms with Gasteiger partial charge >= 0.3 is 0 Å². The van der Waals surface area contributed by atoms with Gasteiger partial charge in [-0.2, -0.15) is 5.10 Å². The number of benzene rings is 2. The number of hydrogen-bond donors (Lipinski definition) is 1. The molecule has 0 radical (unpaired) electrons. The molecule has 0 spiro atoms. The molecule has 0 fully saturated rings. The Morgan fingerprint density at radius 1 is 1.08 bits per heavy atom. The van der Waals surface area contributed by atoms with Gasteiger partial charge < -0.3 is 4.42 Å². The van der Waals surface area contributed by atoms with Crippen molar-refractivity contribution in [3.63, 3.8) is 0 Å².